The monoisotopic (exact) mass is 378 g/mol. The molecule has 2 aromatic rings. The van der Waals surface area contributed by atoms with Crippen molar-refractivity contribution in [1.82, 2.24) is 5.32 Å². The third-order valence-electron chi connectivity index (χ3n) is 3.73. The molecule has 0 heterocycles. The van der Waals surface area contributed by atoms with Gasteiger partial charge >= 0.3 is 0 Å². The number of ether oxygens (including phenoxy) is 2. The topological polar surface area (TPSA) is 73.6 Å². The van der Waals surface area contributed by atoms with Crippen LogP contribution in [0.1, 0.15) is 23.6 Å². The molecule has 0 aliphatic carbocycles. The zero-order chi connectivity index (χ0) is 18.1. The molecule has 2 rings (SSSR count). The molecular formula is C20H27ClN2O3. The van der Waals surface area contributed by atoms with Crippen LogP contribution in [-0.4, -0.2) is 25.7 Å². The molecule has 0 bridgehead atoms. The predicted molar refractivity (Wildman–Crippen MR) is 107 cm³/mol. The molecule has 0 aliphatic heterocycles. The highest BCUT2D eigenvalue weighted by Gasteiger charge is 2.08. The van der Waals surface area contributed by atoms with Gasteiger partial charge in [0.25, 0.3) is 0 Å². The van der Waals surface area contributed by atoms with Gasteiger partial charge < -0.3 is 20.5 Å². The van der Waals surface area contributed by atoms with E-state index >= 15 is 0 Å². The molecule has 5 nitrogen and oxygen atoms in total. The van der Waals surface area contributed by atoms with Gasteiger partial charge in [0.1, 0.15) is 12.4 Å². The summed E-state index contributed by atoms with van der Waals surface area (Å²) in [5.74, 6) is 0.748. The highest BCUT2D eigenvalue weighted by Crippen LogP contribution is 2.20. The molecule has 0 saturated heterocycles. The van der Waals surface area contributed by atoms with Crippen molar-refractivity contribution in [1.29, 1.82) is 0 Å². The standard InChI is InChI=1S/C20H26N2O3.ClH/c1-3-24-10-11-25-19-12-15(2)4-7-17(19)14-22-20(23)13-16-5-8-18(21)9-6-16;/h4-9,12H,3,10-11,13-14,21H2,1-2H3,(H,22,23);1H. The maximum atomic E-state index is 12.1. The molecular weight excluding hydrogens is 352 g/mol. The molecule has 0 unspecified atom stereocenters. The highest BCUT2D eigenvalue weighted by molar-refractivity contribution is 5.85. The van der Waals surface area contributed by atoms with Crippen LogP contribution in [0.15, 0.2) is 42.5 Å². The average molecular weight is 379 g/mol. The SMILES string of the molecule is CCOCCOc1cc(C)ccc1CNC(=O)Cc1ccc(N)cc1.Cl. The van der Waals surface area contributed by atoms with E-state index < -0.39 is 0 Å². The van der Waals surface area contributed by atoms with Crippen molar-refractivity contribution in [2.45, 2.75) is 26.8 Å². The van der Waals surface area contributed by atoms with Crippen molar-refractivity contribution in [3.05, 3.63) is 59.2 Å². The second kappa shape index (κ2) is 11.4. The minimum Gasteiger partial charge on any atom is -0.491 e. The summed E-state index contributed by atoms with van der Waals surface area (Å²) in [6.07, 6.45) is 0.326. The number of hydrogen-bond acceptors (Lipinski definition) is 4. The Kier molecular flexibility index (Phi) is 9.55. The molecule has 0 spiro atoms. The quantitative estimate of drug-likeness (QED) is 0.518. The third-order valence-corrected chi connectivity index (χ3v) is 3.73. The molecule has 0 fully saturated rings. The van der Waals surface area contributed by atoms with Crippen molar-refractivity contribution in [3.8, 4) is 5.75 Å². The van der Waals surface area contributed by atoms with E-state index in [0.717, 1.165) is 22.4 Å². The van der Waals surface area contributed by atoms with Crippen LogP contribution in [0.4, 0.5) is 5.69 Å². The lowest BCUT2D eigenvalue weighted by molar-refractivity contribution is -0.120. The molecule has 0 saturated carbocycles. The fourth-order valence-electron chi connectivity index (χ4n) is 2.37. The number of nitrogens with one attached hydrogen (secondary N) is 1. The molecule has 2 aromatic carbocycles. The number of halogens is 1. The van der Waals surface area contributed by atoms with Gasteiger partial charge in [-0.1, -0.05) is 24.3 Å². The second-order valence-corrected chi connectivity index (χ2v) is 5.85. The summed E-state index contributed by atoms with van der Waals surface area (Å²) in [5.41, 5.74) is 9.35. The molecule has 6 heteroatoms. The molecule has 0 atom stereocenters. The van der Waals surface area contributed by atoms with E-state index in [4.69, 9.17) is 15.2 Å². The first-order chi connectivity index (χ1) is 12.1. The summed E-state index contributed by atoms with van der Waals surface area (Å²) in [7, 11) is 0. The lowest BCUT2D eigenvalue weighted by Crippen LogP contribution is -2.25. The van der Waals surface area contributed by atoms with Crippen LogP contribution >= 0.6 is 12.4 Å². The van der Waals surface area contributed by atoms with Crippen LogP contribution < -0.4 is 15.8 Å². The van der Waals surface area contributed by atoms with Gasteiger partial charge in [-0.25, -0.2) is 0 Å². The van der Waals surface area contributed by atoms with Gasteiger partial charge in [0, 0.05) is 24.4 Å². The number of amides is 1. The summed E-state index contributed by atoms with van der Waals surface area (Å²) in [6.45, 7) is 6.11. The van der Waals surface area contributed by atoms with E-state index in [1.807, 2.05) is 44.2 Å². The van der Waals surface area contributed by atoms with Gasteiger partial charge in [0.15, 0.2) is 0 Å². The van der Waals surface area contributed by atoms with Crippen molar-refractivity contribution in [2.75, 3.05) is 25.6 Å². The van der Waals surface area contributed by atoms with Crippen LogP contribution in [-0.2, 0) is 22.5 Å². The maximum Gasteiger partial charge on any atom is 0.224 e. The molecule has 142 valence electrons. The Morgan fingerprint density at radius 1 is 1.12 bits per heavy atom. The minimum atomic E-state index is -0.0365. The van der Waals surface area contributed by atoms with E-state index in [0.29, 0.717) is 38.5 Å². The number of benzene rings is 2. The van der Waals surface area contributed by atoms with Crippen molar-refractivity contribution in [2.24, 2.45) is 0 Å². The number of carbonyl (C=O) groups excluding carboxylic acids is 1. The Bertz CT molecular complexity index is 690. The van der Waals surface area contributed by atoms with Gasteiger partial charge in [0.2, 0.25) is 5.91 Å². The second-order valence-electron chi connectivity index (χ2n) is 5.85. The Morgan fingerprint density at radius 2 is 1.85 bits per heavy atom. The fourth-order valence-corrected chi connectivity index (χ4v) is 2.37. The molecule has 0 aromatic heterocycles. The number of anilines is 1. The van der Waals surface area contributed by atoms with Crippen LogP contribution in [0.3, 0.4) is 0 Å². The van der Waals surface area contributed by atoms with Crippen LogP contribution in [0.25, 0.3) is 0 Å². The summed E-state index contributed by atoms with van der Waals surface area (Å²) < 4.78 is 11.1. The number of carbonyl (C=O) groups is 1. The van der Waals surface area contributed by atoms with E-state index in [-0.39, 0.29) is 18.3 Å². The maximum absolute atomic E-state index is 12.1. The number of rotatable bonds is 9. The van der Waals surface area contributed by atoms with Crippen LogP contribution in [0.5, 0.6) is 5.75 Å². The number of nitrogens with two attached hydrogens (primary N) is 1. The zero-order valence-corrected chi connectivity index (χ0v) is 16.1. The average Bonchev–Trinajstić information content (AvgIpc) is 2.60. The molecule has 0 aliphatic rings. The Balaban J connectivity index is 0.00000338. The van der Waals surface area contributed by atoms with Crippen LogP contribution in [0, 0.1) is 6.92 Å². The van der Waals surface area contributed by atoms with Crippen molar-refractivity contribution >= 4 is 24.0 Å². The summed E-state index contributed by atoms with van der Waals surface area (Å²) in [5, 5.41) is 2.94. The summed E-state index contributed by atoms with van der Waals surface area (Å²) in [6, 6.07) is 13.3. The molecule has 26 heavy (non-hydrogen) atoms. The number of aryl methyl sites for hydroxylation is 1. The Hall–Kier alpha value is -2.24. The fraction of sp³-hybridized carbons (Fsp3) is 0.350. The first kappa shape index (κ1) is 21.8. The molecule has 1 amide bonds. The van der Waals surface area contributed by atoms with E-state index in [1.54, 1.807) is 12.1 Å². The van der Waals surface area contributed by atoms with E-state index in [9.17, 15) is 4.79 Å². The van der Waals surface area contributed by atoms with E-state index in [2.05, 4.69) is 5.32 Å². The van der Waals surface area contributed by atoms with Gasteiger partial charge in [0.05, 0.1) is 13.0 Å². The lowest BCUT2D eigenvalue weighted by atomic mass is 10.1. The van der Waals surface area contributed by atoms with Gasteiger partial charge in [-0.3, -0.25) is 4.79 Å². The number of nitrogen functional groups attached to an aromatic ring is 1. The Labute approximate surface area is 161 Å². The predicted octanol–water partition coefficient (Wildman–Crippen LogP) is 3.27. The van der Waals surface area contributed by atoms with Crippen molar-refractivity contribution in [3.63, 3.8) is 0 Å². The van der Waals surface area contributed by atoms with Gasteiger partial charge in [-0.05, 0) is 43.2 Å². The molecule has 3 N–H and O–H groups in total. The first-order valence-electron chi connectivity index (χ1n) is 8.49. The van der Waals surface area contributed by atoms with E-state index in [1.165, 1.54) is 0 Å². The first-order valence-corrected chi connectivity index (χ1v) is 8.49. The molecule has 0 radical (unpaired) electrons. The van der Waals surface area contributed by atoms with Gasteiger partial charge in [-0.15, -0.1) is 12.4 Å². The lowest BCUT2D eigenvalue weighted by Gasteiger charge is -2.13. The largest absolute Gasteiger partial charge is 0.491 e. The smallest absolute Gasteiger partial charge is 0.224 e. The summed E-state index contributed by atoms with van der Waals surface area (Å²) >= 11 is 0. The third kappa shape index (κ3) is 7.33. The van der Waals surface area contributed by atoms with Crippen LogP contribution in [0.2, 0.25) is 0 Å². The minimum absolute atomic E-state index is 0. The normalized spacial score (nSPS) is 10.1. The van der Waals surface area contributed by atoms with Crippen molar-refractivity contribution < 1.29 is 14.3 Å². The highest BCUT2D eigenvalue weighted by atomic mass is 35.5. The zero-order valence-electron chi connectivity index (χ0n) is 15.3. The Morgan fingerprint density at radius 3 is 2.54 bits per heavy atom. The number of hydrogen-bond donors (Lipinski definition) is 2. The summed E-state index contributed by atoms with van der Waals surface area (Å²) in [4.78, 5) is 12.1. The van der Waals surface area contributed by atoms with Gasteiger partial charge in [-0.2, -0.15) is 0 Å².